The highest BCUT2D eigenvalue weighted by Crippen LogP contribution is 2.54. The van der Waals surface area contributed by atoms with Gasteiger partial charge >= 0.3 is 0 Å². The van der Waals surface area contributed by atoms with Gasteiger partial charge in [0.2, 0.25) is 0 Å². The van der Waals surface area contributed by atoms with Crippen LogP contribution in [-0.4, -0.2) is 39.8 Å². The molecule has 5 nitrogen and oxygen atoms in total. The van der Waals surface area contributed by atoms with E-state index in [2.05, 4.69) is 50.4 Å². The fourth-order valence-corrected chi connectivity index (χ4v) is 4.05. The molecule has 2 aliphatic rings. The van der Waals surface area contributed by atoms with E-state index < -0.39 is 0 Å². The summed E-state index contributed by atoms with van der Waals surface area (Å²) in [6.07, 6.45) is 2.30. The molecule has 2 aromatic rings. The van der Waals surface area contributed by atoms with Crippen molar-refractivity contribution in [1.29, 1.82) is 0 Å². The summed E-state index contributed by atoms with van der Waals surface area (Å²) in [5.74, 6) is 1.77. The van der Waals surface area contributed by atoms with Gasteiger partial charge in [0.05, 0.1) is 6.54 Å². The summed E-state index contributed by atoms with van der Waals surface area (Å²) in [5.41, 5.74) is 1.77. The van der Waals surface area contributed by atoms with E-state index in [4.69, 9.17) is 4.74 Å². The first-order valence-electron chi connectivity index (χ1n) is 8.01. The number of ether oxygens (including phenoxy) is 1. The van der Waals surface area contributed by atoms with E-state index in [9.17, 15) is 0 Å². The number of hydrogen-bond acceptors (Lipinski definition) is 4. The van der Waals surface area contributed by atoms with Gasteiger partial charge in [0, 0.05) is 31.2 Å². The summed E-state index contributed by atoms with van der Waals surface area (Å²) in [5, 5.41) is 7.24. The maximum absolute atomic E-state index is 5.59. The molecule has 1 atom stereocenters. The molecule has 22 heavy (non-hydrogen) atoms. The summed E-state index contributed by atoms with van der Waals surface area (Å²) < 4.78 is 5.59. The van der Waals surface area contributed by atoms with Crippen molar-refractivity contribution in [2.24, 2.45) is 5.41 Å². The summed E-state index contributed by atoms with van der Waals surface area (Å²) >= 11 is 0. The van der Waals surface area contributed by atoms with E-state index in [-0.39, 0.29) is 0 Å². The van der Waals surface area contributed by atoms with Gasteiger partial charge in [-0.15, -0.1) is 0 Å². The molecule has 1 spiro atoms. The van der Waals surface area contributed by atoms with Gasteiger partial charge in [-0.1, -0.05) is 30.3 Å². The molecule has 0 aliphatic carbocycles. The Labute approximate surface area is 130 Å². The zero-order valence-electron chi connectivity index (χ0n) is 13.0. The molecule has 2 aliphatic heterocycles. The Bertz CT molecular complexity index is 633. The first-order chi connectivity index (χ1) is 10.8. The second-order valence-electron chi connectivity index (χ2n) is 6.53. The molecule has 1 N–H and O–H groups in total. The van der Waals surface area contributed by atoms with E-state index in [1.165, 1.54) is 5.56 Å². The summed E-state index contributed by atoms with van der Waals surface area (Å²) in [7, 11) is 0. The highest BCUT2D eigenvalue weighted by Gasteiger charge is 2.53. The van der Waals surface area contributed by atoms with Crippen LogP contribution >= 0.6 is 0 Å². The molecule has 0 saturated carbocycles. The Kier molecular flexibility index (Phi) is 3.47. The van der Waals surface area contributed by atoms with Crippen molar-refractivity contribution in [1.82, 2.24) is 20.1 Å². The predicted molar refractivity (Wildman–Crippen MR) is 83.2 cm³/mol. The molecule has 0 amide bonds. The number of aromatic amines is 1. The number of hydrogen-bond donors (Lipinski definition) is 1. The Balaban J connectivity index is 1.59. The van der Waals surface area contributed by atoms with Crippen LogP contribution in [0.25, 0.3) is 0 Å². The van der Waals surface area contributed by atoms with Crippen LogP contribution in [0.5, 0.6) is 0 Å². The lowest BCUT2D eigenvalue weighted by atomic mass is 9.64. The zero-order chi connectivity index (χ0) is 15.0. The molecule has 3 heterocycles. The van der Waals surface area contributed by atoms with E-state index in [0.29, 0.717) is 11.5 Å². The van der Waals surface area contributed by atoms with Gasteiger partial charge in [0.15, 0.2) is 5.82 Å². The van der Waals surface area contributed by atoms with Crippen molar-refractivity contribution in [2.75, 3.05) is 19.8 Å². The van der Waals surface area contributed by atoms with Crippen LogP contribution in [0.2, 0.25) is 0 Å². The van der Waals surface area contributed by atoms with Crippen LogP contribution in [0.4, 0.5) is 0 Å². The van der Waals surface area contributed by atoms with Crippen LogP contribution in [0.15, 0.2) is 30.3 Å². The lowest BCUT2D eigenvalue weighted by molar-refractivity contribution is -0.140. The largest absolute Gasteiger partial charge is 0.381 e. The van der Waals surface area contributed by atoms with Crippen LogP contribution in [-0.2, 0) is 11.3 Å². The van der Waals surface area contributed by atoms with Crippen molar-refractivity contribution in [3.05, 3.63) is 47.5 Å². The van der Waals surface area contributed by atoms with Gasteiger partial charge in [-0.3, -0.25) is 10.00 Å². The smallest absolute Gasteiger partial charge is 0.164 e. The normalized spacial score (nSPS) is 24.3. The van der Waals surface area contributed by atoms with Gasteiger partial charge in [0.25, 0.3) is 0 Å². The Morgan fingerprint density at radius 2 is 2.05 bits per heavy atom. The fourth-order valence-electron chi connectivity index (χ4n) is 4.05. The van der Waals surface area contributed by atoms with Crippen molar-refractivity contribution < 1.29 is 4.74 Å². The van der Waals surface area contributed by atoms with E-state index >= 15 is 0 Å². The molecule has 2 fully saturated rings. The van der Waals surface area contributed by atoms with E-state index in [1.807, 2.05) is 6.92 Å². The molecule has 4 rings (SSSR count). The van der Waals surface area contributed by atoms with Gasteiger partial charge < -0.3 is 4.74 Å². The third kappa shape index (κ3) is 2.34. The molecule has 5 heteroatoms. The first kappa shape index (κ1) is 13.9. The van der Waals surface area contributed by atoms with Crippen molar-refractivity contribution in [3.63, 3.8) is 0 Å². The molecule has 1 aromatic carbocycles. The lowest BCUT2D eigenvalue weighted by Crippen LogP contribution is -2.60. The van der Waals surface area contributed by atoms with Gasteiger partial charge in [-0.05, 0) is 25.3 Å². The first-order valence-corrected chi connectivity index (χ1v) is 8.01. The van der Waals surface area contributed by atoms with E-state index in [1.54, 1.807) is 0 Å². The van der Waals surface area contributed by atoms with Gasteiger partial charge in [-0.2, -0.15) is 5.10 Å². The highest BCUT2D eigenvalue weighted by atomic mass is 16.5. The van der Waals surface area contributed by atoms with Crippen LogP contribution in [0, 0.1) is 12.3 Å². The Hall–Kier alpha value is -1.72. The fraction of sp³-hybridized carbons (Fsp3) is 0.529. The molecule has 1 aromatic heterocycles. The monoisotopic (exact) mass is 298 g/mol. The van der Waals surface area contributed by atoms with Crippen LogP contribution < -0.4 is 0 Å². The topological polar surface area (TPSA) is 54.0 Å². The zero-order valence-corrected chi connectivity index (χ0v) is 13.0. The summed E-state index contributed by atoms with van der Waals surface area (Å²) in [6, 6.07) is 11.3. The number of H-pyrrole nitrogens is 1. The number of likely N-dealkylation sites (tertiary alicyclic amines) is 1. The molecular weight excluding hydrogens is 276 g/mol. The third-order valence-electron chi connectivity index (χ3n) is 5.06. The number of benzene rings is 1. The quantitative estimate of drug-likeness (QED) is 0.946. The summed E-state index contributed by atoms with van der Waals surface area (Å²) in [4.78, 5) is 6.96. The van der Waals surface area contributed by atoms with Gasteiger partial charge in [-0.25, -0.2) is 4.98 Å². The minimum atomic E-state index is 0.366. The predicted octanol–water partition coefficient (Wildman–Crippen LogP) is 2.47. The maximum Gasteiger partial charge on any atom is 0.164 e. The lowest BCUT2D eigenvalue weighted by Gasteiger charge is -2.59. The second kappa shape index (κ2) is 5.48. The van der Waals surface area contributed by atoms with Crippen LogP contribution in [0.3, 0.4) is 0 Å². The average Bonchev–Trinajstić information content (AvgIpc) is 2.94. The number of rotatable bonds is 3. The summed E-state index contributed by atoms with van der Waals surface area (Å²) in [6.45, 7) is 5.64. The number of nitrogens with one attached hydrogen (secondary N) is 1. The molecule has 0 radical (unpaired) electrons. The minimum Gasteiger partial charge on any atom is -0.381 e. The molecule has 1 unspecified atom stereocenters. The standard InChI is InChI=1S/C17H22N4O/c1-13-18-15(20-19-13)11-21-12-17(7-9-22-10-8-17)16(21)14-5-3-2-4-6-14/h2-6,16H,7-12H2,1H3,(H,18,19,20). The third-order valence-corrected chi connectivity index (χ3v) is 5.06. The Morgan fingerprint density at radius 1 is 1.27 bits per heavy atom. The average molecular weight is 298 g/mol. The molecule has 0 bridgehead atoms. The second-order valence-corrected chi connectivity index (χ2v) is 6.53. The molecule has 2 saturated heterocycles. The number of aromatic nitrogens is 3. The number of nitrogens with zero attached hydrogens (tertiary/aromatic N) is 3. The van der Waals surface area contributed by atoms with Crippen molar-refractivity contribution in [3.8, 4) is 0 Å². The molecule has 116 valence electrons. The number of aryl methyl sites for hydroxylation is 1. The van der Waals surface area contributed by atoms with E-state index in [0.717, 1.165) is 50.8 Å². The maximum atomic E-state index is 5.59. The van der Waals surface area contributed by atoms with Gasteiger partial charge in [0.1, 0.15) is 5.82 Å². The van der Waals surface area contributed by atoms with Crippen molar-refractivity contribution >= 4 is 0 Å². The minimum absolute atomic E-state index is 0.366. The molecular formula is C17H22N4O. The Morgan fingerprint density at radius 3 is 2.73 bits per heavy atom. The van der Waals surface area contributed by atoms with Crippen LogP contribution in [0.1, 0.15) is 36.1 Å². The highest BCUT2D eigenvalue weighted by molar-refractivity contribution is 5.26. The van der Waals surface area contributed by atoms with Crippen molar-refractivity contribution in [2.45, 2.75) is 32.4 Å². The SMILES string of the molecule is Cc1nc(CN2CC3(CCOCC3)C2c2ccccc2)n[nH]1.